The van der Waals surface area contributed by atoms with E-state index in [2.05, 4.69) is 17.4 Å². The zero-order valence-corrected chi connectivity index (χ0v) is 12.8. The van der Waals surface area contributed by atoms with E-state index < -0.39 is 0 Å². The molecule has 0 radical (unpaired) electrons. The molecule has 1 aromatic carbocycles. The molecule has 114 valence electrons. The highest BCUT2D eigenvalue weighted by atomic mass is 16.5. The van der Waals surface area contributed by atoms with Crippen LogP contribution in [0.1, 0.15) is 30.4 Å². The molecule has 0 spiro atoms. The van der Waals surface area contributed by atoms with Gasteiger partial charge in [-0.05, 0) is 37.6 Å². The van der Waals surface area contributed by atoms with Gasteiger partial charge in [-0.3, -0.25) is 0 Å². The van der Waals surface area contributed by atoms with E-state index in [0.717, 1.165) is 30.8 Å². The summed E-state index contributed by atoms with van der Waals surface area (Å²) in [6.07, 6.45) is 1.12. The van der Waals surface area contributed by atoms with E-state index in [9.17, 15) is 0 Å². The minimum absolute atomic E-state index is 0.336. The van der Waals surface area contributed by atoms with Crippen LogP contribution in [0.5, 0.6) is 11.5 Å². The Morgan fingerprint density at radius 2 is 2.10 bits per heavy atom. The lowest BCUT2D eigenvalue weighted by Gasteiger charge is -2.11. The van der Waals surface area contributed by atoms with Gasteiger partial charge in [0.05, 0.1) is 12.8 Å². The predicted molar refractivity (Wildman–Crippen MR) is 80.6 cm³/mol. The molecule has 0 saturated heterocycles. The van der Waals surface area contributed by atoms with Gasteiger partial charge < -0.3 is 19.3 Å². The summed E-state index contributed by atoms with van der Waals surface area (Å²) < 4.78 is 16.3. The number of nitrogens with one attached hydrogen (secondary N) is 1. The molecule has 0 amide bonds. The SMILES string of the molecule is CCCNCc1ccc(OC)c(OCc2cc(C)no2)c1. The fourth-order valence-corrected chi connectivity index (χ4v) is 1.99. The van der Waals surface area contributed by atoms with Gasteiger partial charge in [0.25, 0.3) is 0 Å². The molecule has 1 aromatic heterocycles. The molecule has 2 rings (SSSR count). The van der Waals surface area contributed by atoms with Crippen LogP contribution in [0.15, 0.2) is 28.8 Å². The maximum atomic E-state index is 5.79. The van der Waals surface area contributed by atoms with E-state index in [4.69, 9.17) is 14.0 Å². The summed E-state index contributed by atoms with van der Waals surface area (Å²) in [5.74, 6) is 2.12. The highest BCUT2D eigenvalue weighted by Crippen LogP contribution is 2.28. The smallest absolute Gasteiger partial charge is 0.174 e. The van der Waals surface area contributed by atoms with Gasteiger partial charge in [-0.25, -0.2) is 0 Å². The molecule has 1 heterocycles. The first-order valence-corrected chi connectivity index (χ1v) is 7.15. The van der Waals surface area contributed by atoms with E-state index in [1.165, 1.54) is 0 Å². The Kier molecular flexibility index (Phi) is 5.63. The van der Waals surface area contributed by atoms with Crippen LogP contribution in [0, 0.1) is 6.92 Å². The summed E-state index contributed by atoms with van der Waals surface area (Å²) in [6.45, 7) is 6.18. The Labute approximate surface area is 125 Å². The Balaban J connectivity index is 2.02. The number of methoxy groups -OCH3 is 1. The fraction of sp³-hybridized carbons (Fsp3) is 0.438. The lowest BCUT2D eigenvalue weighted by molar-refractivity contribution is 0.238. The lowest BCUT2D eigenvalue weighted by atomic mass is 10.2. The van der Waals surface area contributed by atoms with Gasteiger partial charge >= 0.3 is 0 Å². The second-order valence-corrected chi connectivity index (χ2v) is 4.89. The molecule has 0 saturated carbocycles. The number of hydrogen-bond donors (Lipinski definition) is 1. The van der Waals surface area contributed by atoms with E-state index in [1.807, 2.05) is 31.2 Å². The van der Waals surface area contributed by atoms with Crippen molar-refractivity contribution >= 4 is 0 Å². The zero-order chi connectivity index (χ0) is 15.1. The molecule has 0 bridgehead atoms. The second-order valence-electron chi connectivity index (χ2n) is 4.89. The predicted octanol–water partition coefficient (Wildman–Crippen LogP) is 3.07. The summed E-state index contributed by atoms with van der Waals surface area (Å²) in [5.41, 5.74) is 2.01. The number of hydrogen-bond acceptors (Lipinski definition) is 5. The van der Waals surface area contributed by atoms with Crippen molar-refractivity contribution in [1.82, 2.24) is 10.5 Å². The number of ether oxygens (including phenoxy) is 2. The Morgan fingerprint density at radius 3 is 2.76 bits per heavy atom. The van der Waals surface area contributed by atoms with Crippen molar-refractivity contribution in [1.29, 1.82) is 0 Å². The van der Waals surface area contributed by atoms with Crippen LogP contribution >= 0.6 is 0 Å². The maximum Gasteiger partial charge on any atom is 0.174 e. The van der Waals surface area contributed by atoms with Crippen molar-refractivity contribution in [3.8, 4) is 11.5 Å². The van der Waals surface area contributed by atoms with Crippen molar-refractivity contribution < 1.29 is 14.0 Å². The lowest BCUT2D eigenvalue weighted by Crippen LogP contribution is -2.13. The Hall–Kier alpha value is -2.01. The number of aromatic nitrogens is 1. The molecule has 0 aliphatic rings. The largest absolute Gasteiger partial charge is 0.493 e. The number of aryl methyl sites for hydroxylation is 1. The van der Waals surface area contributed by atoms with Crippen molar-refractivity contribution in [3.63, 3.8) is 0 Å². The van der Waals surface area contributed by atoms with Gasteiger partial charge in [-0.2, -0.15) is 0 Å². The van der Waals surface area contributed by atoms with E-state index >= 15 is 0 Å². The first kappa shape index (κ1) is 15.4. The van der Waals surface area contributed by atoms with Gasteiger partial charge in [-0.15, -0.1) is 0 Å². The van der Waals surface area contributed by atoms with E-state index in [0.29, 0.717) is 23.9 Å². The molecule has 0 atom stereocenters. The maximum absolute atomic E-state index is 5.79. The van der Waals surface area contributed by atoms with Gasteiger partial charge in [0, 0.05) is 12.6 Å². The average Bonchev–Trinajstić information content (AvgIpc) is 2.91. The topological polar surface area (TPSA) is 56.5 Å². The van der Waals surface area contributed by atoms with Crippen LogP contribution in [0.25, 0.3) is 0 Å². The number of benzene rings is 1. The van der Waals surface area contributed by atoms with Crippen LogP contribution in [0.4, 0.5) is 0 Å². The summed E-state index contributed by atoms with van der Waals surface area (Å²) in [4.78, 5) is 0. The normalized spacial score (nSPS) is 10.6. The number of nitrogens with zero attached hydrogens (tertiary/aromatic N) is 1. The van der Waals surface area contributed by atoms with Crippen LogP contribution in [0.3, 0.4) is 0 Å². The van der Waals surface area contributed by atoms with E-state index in [1.54, 1.807) is 7.11 Å². The third kappa shape index (κ3) is 4.49. The minimum Gasteiger partial charge on any atom is -0.493 e. The molecule has 0 aliphatic carbocycles. The number of rotatable bonds is 8. The highest BCUT2D eigenvalue weighted by Gasteiger charge is 2.08. The Morgan fingerprint density at radius 1 is 1.24 bits per heavy atom. The fourth-order valence-electron chi connectivity index (χ4n) is 1.99. The third-order valence-electron chi connectivity index (χ3n) is 3.03. The first-order valence-electron chi connectivity index (χ1n) is 7.15. The summed E-state index contributed by atoms with van der Waals surface area (Å²) in [6, 6.07) is 7.81. The molecule has 0 fully saturated rings. The molecule has 2 aromatic rings. The van der Waals surface area contributed by atoms with E-state index in [-0.39, 0.29) is 0 Å². The molecule has 1 N–H and O–H groups in total. The third-order valence-corrected chi connectivity index (χ3v) is 3.03. The van der Waals surface area contributed by atoms with Crippen molar-refractivity contribution in [3.05, 3.63) is 41.3 Å². The quantitative estimate of drug-likeness (QED) is 0.757. The van der Waals surface area contributed by atoms with Crippen LogP contribution in [0.2, 0.25) is 0 Å². The average molecular weight is 290 g/mol. The van der Waals surface area contributed by atoms with Crippen LogP contribution in [-0.2, 0) is 13.2 Å². The summed E-state index contributed by atoms with van der Waals surface area (Å²) in [5, 5.41) is 7.21. The van der Waals surface area contributed by atoms with Gasteiger partial charge in [-0.1, -0.05) is 18.1 Å². The van der Waals surface area contributed by atoms with Crippen molar-refractivity contribution in [2.75, 3.05) is 13.7 Å². The minimum atomic E-state index is 0.336. The van der Waals surface area contributed by atoms with Gasteiger partial charge in [0.1, 0.15) is 6.61 Å². The van der Waals surface area contributed by atoms with Crippen molar-refractivity contribution in [2.45, 2.75) is 33.4 Å². The van der Waals surface area contributed by atoms with Crippen molar-refractivity contribution in [2.24, 2.45) is 0 Å². The molecular formula is C16H22N2O3. The van der Waals surface area contributed by atoms with Gasteiger partial charge in [0.15, 0.2) is 17.3 Å². The molecular weight excluding hydrogens is 268 g/mol. The van der Waals surface area contributed by atoms with Crippen LogP contribution in [-0.4, -0.2) is 18.8 Å². The van der Waals surface area contributed by atoms with Gasteiger partial charge in [0.2, 0.25) is 0 Å². The highest BCUT2D eigenvalue weighted by molar-refractivity contribution is 5.43. The molecule has 0 aliphatic heterocycles. The summed E-state index contributed by atoms with van der Waals surface area (Å²) in [7, 11) is 1.63. The molecule has 5 heteroatoms. The Bertz CT molecular complexity index is 566. The zero-order valence-electron chi connectivity index (χ0n) is 12.8. The molecule has 21 heavy (non-hydrogen) atoms. The monoisotopic (exact) mass is 290 g/mol. The van der Waals surface area contributed by atoms with Crippen LogP contribution < -0.4 is 14.8 Å². The second kappa shape index (κ2) is 7.69. The standard InChI is InChI=1S/C16H22N2O3/c1-4-7-17-10-13-5-6-15(19-3)16(9-13)20-11-14-8-12(2)18-21-14/h5-6,8-9,17H,4,7,10-11H2,1-3H3. The molecule has 5 nitrogen and oxygen atoms in total. The summed E-state index contributed by atoms with van der Waals surface area (Å²) >= 11 is 0. The molecule has 0 unspecified atom stereocenters. The first-order chi connectivity index (χ1) is 10.2.